The van der Waals surface area contributed by atoms with Crippen molar-refractivity contribution in [3.63, 3.8) is 0 Å². The van der Waals surface area contributed by atoms with E-state index in [9.17, 15) is 5.11 Å². The fraction of sp³-hybridized carbons (Fsp3) is 0.409. The van der Waals surface area contributed by atoms with Gasteiger partial charge < -0.3 is 9.52 Å². The van der Waals surface area contributed by atoms with Crippen LogP contribution in [-0.2, 0) is 0 Å². The van der Waals surface area contributed by atoms with Gasteiger partial charge in [0.05, 0.1) is 0 Å². The van der Waals surface area contributed by atoms with Crippen LogP contribution in [0.5, 0.6) is 5.75 Å². The number of hydrogen-bond acceptors (Lipinski definition) is 3. The van der Waals surface area contributed by atoms with Crippen molar-refractivity contribution >= 4 is 11.1 Å². The lowest BCUT2D eigenvalue weighted by atomic mass is 9.66. The first kappa shape index (κ1) is 16.2. The lowest BCUT2D eigenvalue weighted by molar-refractivity contribution is 0.168. The second kappa shape index (κ2) is 5.91. The number of rotatable bonds is 2. The van der Waals surface area contributed by atoms with Crippen LogP contribution < -0.4 is 0 Å². The van der Waals surface area contributed by atoms with Crippen LogP contribution in [0.2, 0.25) is 0 Å². The molecular formula is C22H25NO2. The van der Waals surface area contributed by atoms with E-state index in [0.29, 0.717) is 17.2 Å². The molecule has 1 N–H and O–H groups in total. The minimum absolute atomic E-state index is 0.246. The van der Waals surface area contributed by atoms with Crippen LogP contribution >= 0.6 is 0 Å². The van der Waals surface area contributed by atoms with Gasteiger partial charge >= 0.3 is 0 Å². The fourth-order valence-corrected chi connectivity index (χ4v) is 4.53. The smallest absolute Gasteiger partial charge is 0.227 e. The van der Waals surface area contributed by atoms with Gasteiger partial charge in [-0.3, -0.25) is 0 Å². The second-order valence-electron chi connectivity index (χ2n) is 8.40. The average molecular weight is 335 g/mol. The number of fused-ring (bicyclic) bond motifs is 1. The standard InChI is InChI=1S/C22H25NO2/c1-14-10-17(13-22(2,3)12-14)16-6-9-20-19(11-16)23-21(25-20)15-4-7-18(24)8-5-15/h4-9,11,14,17,24H,10,12-13H2,1-3H3. The van der Waals surface area contributed by atoms with Crippen molar-refractivity contribution in [2.75, 3.05) is 0 Å². The largest absolute Gasteiger partial charge is 0.508 e. The third kappa shape index (κ3) is 3.28. The van der Waals surface area contributed by atoms with Crippen LogP contribution in [0.15, 0.2) is 46.9 Å². The molecule has 4 rings (SSSR count). The van der Waals surface area contributed by atoms with Gasteiger partial charge in [-0.15, -0.1) is 0 Å². The number of hydrogen-bond donors (Lipinski definition) is 1. The van der Waals surface area contributed by atoms with Crippen LogP contribution in [0.4, 0.5) is 0 Å². The maximum Gasteiger partial charge on any atom is 0.227 e. The van der Waals surface area contributed by atoms with Gasteiger partial charge in [0.1, 0.15) is 11.3 Å². The molecule has 2 aromatic carbocycles. The number of aromatic hydroxyl groups is 1. The molecule has 2 atom stereocenters. The Hall–Kier alpha value is -2.29. The Labute approximate surface area is 148 Å². The zero-order chi connectivity index (χ0) is 17.6. The molecule has 3 aromatic rings. The molecule has 0 radical (unpaired) electrons. The van der Waals surface area contributed by atoms with Crippen molar-refractivity contribution in [2.45, 2.75) is 46.0 Å². The minimum Gasteiger partial charge on any atom is -0.508 e. The summed E-state index contributed by atoms with van der Waals surface area (Å²) in [7, 11) is 0. The predicted molar refractivity (Wildman–Crippen MR) is 101 cm³/mol. The van der Waals surface area contributed by atoms with Crippen LogP contribution in [0.1, 0.15) is 51.5 Å². The zero-order valence-corrected chi connectivity index (χ0v) is 15.1. The summed E-state index contributed by atoms with van der Waals surface area (Å²) in [6.45, 7) is 7.13. The number of phenolic OH excluding ortho intramolecular Hbond substituents is 1. The summed E-state index contributed by atoms with van der Waals surface area (Å²) < 4.78 is 5.91. The Balaban J connectivity index is 1.67. The maximum atomic E-state index is 9.44. The monoisotopic (exact) mass is 335 g/mol. The lowest BCUT2D eigenvalue weighted by Crippen LogP contribution is -2.26. The first-order chi connectivity index (χ1) is 11.9. The van der Waals surface area contributed by atoms with E-state index >= 15 is 0 Å². The van der Waals surface area contributed by atoms with Gasteiger partial charge in [0, 0.05) is 5.56 Å². The number of nitrogens with zero attached hydrogens (tertiary/aromatic N) is 1. The Kier molecular flexibility index (Phi) is 3.82. The van der Waals surface area contributed by atoms with E-state index in [1.807, 2.05) is 18.2 Å². The summed E-state index contributed by atoms with van der Waals surface area (Å²) in [6.07, 6.45) is 3.78. The number of benzene rings is 2. The third-order valence-electron chi connectivity index (χ3n) is 5.38. The van der Waals surface area contributed by atoms with Crippen molar-refractivity contribution in [2.24, 2.45) is 11.3 Å². The Morgan fingerprint density at radius 2 is 1.84 bits per heavy atom. The quantitative estimate of drug-likeness (QED) is 0.612. The van der Waals surface area contributed by atoms with Crippen molar-refractivity contribution in [3.05, 3.63) is 48.0 Å². The summed E-state index contributed by atoms with van der Waals surface area (Å²) in [5.74, 6) is 2.20. The molecule has 1 aliphatic rings. The summed E-state index contributed by atoms with van der Waals surface area (Å²) >= 11 is 0. The molecule has 3 nitrogen and oxygen atoms in total. The highest BCUT2D eigenvalue weighted by Crippen LogP contribution is 2.46. The topological polar surface area (TPSA) is 46.3 Å². The van der Waals surface area contributed by atoms with Gasteiger partial charge in [-0.1, -0.05) is 26.8 Å². The molecule has 25 heavy (non-hydrogen) atoms. The maximum absolute atomic E-state index is 9.44. The number of oxazole rings is 1. The van der Waals surface area contributed by atoms with Gasteiger partial charge in [-0.2, -0.15) is 0 Å². The van der Waals surface area contributed by atoms with Crippen LogP contribution in [0.3, 0.4) is 0 Å². The molecule has 1 fully saturated rings. The average Bonchev–Trinajstić information content (AvgIpc) is 2.96. The summed E-state index contributed by atoms with van der Waals surface area (Å²) in [4.78, 5) is 4.68. The zero-order valence-electron chi connectivity index (χ0n) is 15.1. The van der Waals surface area contributed by atoms with E-state index in [4.69, 9.17) is 4.42 Å². The summed E-state index contributed by atoms with van der Waals surface area (Å²) in [6, 6.07) is 13.4. The van der Waals surface area contributed by atoms with Gasteiger partial charge in [0.25, 0.3) is 0 Å². The van der Waals surface area contributed by atoms with Crippen LogP contribution in [0, 0.1) is 11.3 Å². The molecule has 3 heteroatoms. The van der Waals surface area contributed by atoms with E-state index in [1.54, 1.807) is 12.1 Å². The lowest BCUT2D eigenvalue weighted by Gasteiger charge is -2.39. The second-order valence-corrected chi connectivity index (χ2v) is 8.40. The molecular weight excluding hydrogens is 310 g/mol. The summed E-state index contributed by atoms with van der Waals surface area (Å²) in [5.41, 5.74) is 4.38. The normalized spacial score (nSPS) is 23.0. The Morgan fingerprint density at radius 3 is 2.56 bits per heavy atom. The van der Waals surface area contributed by atoms with Gasteiger partial charge in [-0.05, 0) is 78.5 Å². The highest BCUT2D eigenvalue weighted by Gasteiger charge is 2.32. The van der Waals surface area contributed by atoms with E-state index < -0.39 is 0 Å². The fourth-order valence-electron chi connectivity index (χ4n) is 4.53. The van der Waals surface area contributed by atoms with Gasteiger partial charge in [0.15, 0.2) is 5.58 Å². The van der Waals surface area contributed by atoms with Crippen molar-refractivity contribution in [1.82, 2.24) is 4.98 Å². The SMILES string of the molecule is CC1CC(c2ccc3oc(-c4ccc(O)cc4)nc3c2)CC(C)(C)C1. The molecule has 1 aliphatic carbocycles. The Bertz CT molecular complexity index is 892. The van der Waals surface area contributed by atoms with Gasteiger partial charge in [0.2, 0.25) is 5.89 Å². The molecule has 0 spiro atoms. The van der Waals surface area contributed by atoms with Gasteiger partial charge in [-0.25, -0.2) is 4.98 Å². The molecule has 1 saturated carbocycles. The molecule has 1 heterocycles. The minimum atomic E-state index is 0.246. The van der Waals surface area contributed by atoms with E-state index in [-0.39, 0.29) is 5.75 Å². The molecule has 1 aromatic heterocycles. The predicted octanol–water partition coefficient (Wildman–Crippen LogP) is 6.13. The van der Waals surface area contributed by atoms with Crippen molar-refractivity contribution < 1.29 is 9.52 Å². The van der Waals surface area contributed by atoms with E-state index in [1.165, 1.54) is 24.8 Å². The first-order valence-electron chi connectivity index (χ1n) is 9.09. The summed E-state index contributed by atoms with van der Waals surface area (Å²) in [5, 5.41) is 9.44. The van der Waals surface area contributed by atoms with Crippen molar-refractivity contribution in [1.29, 1.82) is 0 Å². The molecule has 0 amide bonds. The highest BCUT2D eigenvalue weighted by molar-refractivity contribution is 5.77. The first-order valence-corrected chi connectivity index (χ1v) is 9.09. The third-order valence-corrected chi connectivity index (χ3v) is 5.38. The molecule has 130 valence electrons. The molecule has 0 bridgehead atoms. The molecule has 2 unspecified atom stereocenters. The number of phenols is 1. The van der Waals surface area contributed by atoms with Crippen LogP contribution in [-0.4, -0.2) is 10.1 Å². The highest BCUT2D eigenvalue weighted by atomic mass is 16.3. The Morgan fingerprint density at radius 1 is 1.08 bits per heavy atom. The molecule has 0 aliphatic heterocycles. The molecule has 0 saturated heterocycles. The van der Waals surface area contributed by atoms with E-state index in [0.717, 1.165) is 22.6 Å². The van der Waals surface area contributed by atoms with Crippen LogP contribution in [0.25, 0.3) is 22.6 Å². The van der Waals surface area contributed by atoms with E-state index in [2.05, 4.69) is 37.9 Å². The number of aromatic nitrogens is 1. The van der Waals surface area contributed by atoms with Crippen molar-refractivity contribution in [3.8, 4) is 17.2 Å².